The number of halogens is 2. The van der Waals surface area contributed by atoms with E-state index in [1.807, 2.05) is 17.0 Å². The maximum atomic E-state index is 14.9. The predicted octanol–water partition coefficient (Wildman–Crippen LogP) is 4.34. The van der Waals surface area contributed by atoms with Crippen LogP contribution in [0.5, 0.6) is 0 Å². The molecule has 1 aliphatic rings. The summed E-state index contributed by atoms with van der Waals surface area (Å²) in [7, 11) is 0. The average molecular weight is 365 g/mol. The van der Waals surface area contributed by atoms with Crippen LogP contribution in [0.3, 0.4) is 0 Å². The van der Waals surface area contributed by atoms with E-state index in [0.717, 1.165) is 31.0 Å². The third-order valence-electron chi connectivity index (χ3n) is 5.28. The molecule has 0 spiro atoms. The molecule has 7 heteroatoms. The van der Waals surface area contributed by atoms with E-state index in [-0.39, 0.29) is 5.39 Å². The van der Waals surface area contributed by atoms with Crippen LogP contribution in [0.15, 0.2) is 36.7 Å². The third kappa shape index (κ3) is 2.38. The van der Waals surface area contributed by atoms with Gasteiger partial charge >= 0.3 is 0 Å². The molecular weight excluding hydrogens is 348 g/mol. The monoisotopic (exact) mass is 365 g/mol. The van der Waals surface area contributed by atoms with Crippen LogP contribution in [-0.4, -0.2) is 26.1 Å². The maximum absolute atomic E-state index is 14.9. The van der Waals surface area contributed by atoms with Gasteiger partial charge in [0.15, 0.2) is 11.6 Å². The lowest BCUT2D eigenvalue weighted by Gasteiger charge is -2.26. The van der Waals surface area contributed by atoms with Crippen molar-refractivity contribution in [2.24, 2.45) is 0 Å². The van der Waals surface area contributed by atoms with Gasteiger partial charge in [0.2, 0.25) is 0 Å². The van der Waals surface area contributed by atoms with Gasteiger partial charge in [-0.2, -0.15) is 4.98 Å². The standard InChI is InChI=1S/C20H17F2N5/c1-12-5-4-7-15-13(12)6-2-3-10-26(15)19-17-16(9-8-14(21)18(17)22)27-11-23-25-20(27)24-19/h4-5,7-9,11H,2-3,6,10H2,1H3. The molecule has 3 heterocycles. The number of hydrogen-bond acceptors (Lipinski definition) is 4. The van der Waals surface area contributed by atoms with Gasteiger partial charge in [0, 0.05) is 12.2 Å². The Morgan fingerprint density at radius 2 is 1.96 bits per heavy atom. The van der Waals surface area contributed by atoms with Crippen LogP contribution in [0, 0.1) is 18.6 Å². The Hall–Kier alpha value is -3.09. The van der Waals surface area contributed by atoms with Crippen molar-refractivity contribution in [2.75, 3.05) is 11.4 Å². The van der Waals surface area contributed by atoms with Crippen molar-refractivity contribution in [3.63, 3.8) is 0 Å². The Kier molecular flexibility index (Phi) is 3.56. The van der Waals surface area contributed by atoms with Crippen LogP contribution in [0.4, 0.5) is 20.3 Å². The van der Waals surface area contributed by atoms with Crippen molar-refractivity contribution >= 4 is 28.2 Å². The topological polar surface area (TPSA) is 46.3 Å². The summed E-state index contributed by atoms with van der Waals surface area (Å²) < 4.78 is 30.6. The van der Waals surface area contributed by atoms with Gasteiger partial charge in [-0.1, -0.05) is 12.1 Å². The summed E-state index contributed by atoms with van der Waals surface area (Å²) in [5.74, 6) is -1.04. The molecule has 0 fully saturated rings. The Bertz CT molecular complexity index is 1180. The highest BCUT2D eigenvalue weighted by Gasteiger charge is 2.25. The first kappa shape index (κ1) is 16.1. The van der Waals surface area contributed by atoms with Crippen LogP contribution in [0.2, 0.25) is 0 Å². The van der Waals surface area contributed by atoms with Crippen molar-refractivity contribution in [2.45, 2.75) is 26.2 Å². The van der Waals surface area contributed by atoms with Gasteiger partial charge in [-0.3, -0.25) is 4.40 Å². The van der Waals surface area contributed by atoms with Crippen LogP contribution < -0.4 is 4.90 Å². The molecule has 0 atom stereocenters. The highest BCUT2D eigenvalue weighted by Crippen LogP contribution is 2.38. The molecule has 0 radical (unpaired) electrons. The van der Waals surface area contributed by atoms with Crippen molar-refractivity contribution < 1.29 is 8.78 Å². The SMILES string of the molecule is Cc1cccc2c1CCCCN2c1nc2nncn2c2ccc(F)c(F)c12. The Balaban J connectivity index is 1.87. The average Bonchev–Trinajstić information content (AvgIpc) is 3.03. The molecule has 0 saturated carbocycles. The Morgan fingerprint density at radius 3 is 2.85 bits per heavy atom. The quantitative estimate of drug-likeness (QED) is 0.503. The molecule has 5 nitrogen and oxygen atoms in total. The second-order valence-corrected chi connectivity index (χ2v) is 6.87. The molecule has 1 aliphatic heterocycles. The molecule has 0 bridgehead atoms. The lowest BCUT2D eigenvalue weighted by molar-refractivity contribution is 0.516. The van der Waals surface area contributed by atoms with Crippen molar-refractivity contribution in [3.8, 4) is 0 Å². The highest BCUT2D eigenvalue weighted by atomic mass is 19.2. The molecule has 0 amide bonds. The summed E-state index contributed by atoms with van der Waals surface area (Å²) in [5.41, 5.74) is 3.91. The molecule has 0 saturated heterocycles. The zero-order valence-corrected chi connectivity index (χ0v) is 14.8. The number of aryl methyl sites for hydroxylation is 1. The van der Waals surface area contributed by atoms with E-state index in [0.29, 0.717) is 23.7 Å². The second kappa shape index (κ2) is 5.97. The summed E-state index contributed by atoms with van der Waals surface area (Å²) in [6.07, 6.45) is 4.40. The van der Waals surface area contributed by atoms with E-state index >= 15 is 0 Å². The lowest BCUT2D eigenvalue weighted by Crippen LogP contribution is -2.21. The van der Waals surface area contributed by atoms with Gasteiger partial charge < -0.3 is 4.90 Å². The van der Waals surface area contributed by atoms with E-state index in [4.69, 9.17) is 0 Å². The molecule has 0 unspecified atom stereocenters. The molecule has 5 rings (SSSR count). The fourth-order valence-electron chi connectivity index (χ4n) is 3.95. The van der Waals surface area contributed by atoms with Crippen LogP contribution in [0.25, 0.3) is 16.7 Å². The number of aromatic nitrogens is 4. The first-order valence-corrected chi connectivity index (χ1v) is 8.98. The minimum Gasteiger partial charge on any atom is -0.325 e. The van der Waals surface area contributed by atoms with E-state index in [2.05, 4.69) is 28.2 Å². The Morgan fingerprint density at radius 1 is 1.07 bits per heavy atom. The molecule has 136 valence electrons. The molecule has 0 N–H and O–H groups in total. The number of hydrogen-bond donors (Lipinski definition) is 0. The van der Waals surface area contributed by atoms with E-state index in [9.17, 15) is 8.78 Å². The summed E-state index contributed by atoms with van der Waals surface area (Å²) >= 11 is 0. The van der Waals surface area contributed by atoms with Gasteiger partial charge in [-0.15, -0.1) is 10.2 Å². The van der Waals surface area contributed by atoms with Gasteiger partial charge in [-0.05, 0) is 55.5 Å². The molecule has 2 aromatic heterocycles. The van der Waals surface area contributed by atoms with Crippen molar-refractivity contribution in [1.82, 2.24) is 19.6 Å². The van der Waals surface area contributed by atoms with Gasteiger partial charge in [0.1, 0.15) is 12.1 Å². The molecule has 4 aromatic rings. The summed E-state index contributed by atoms with van der Waals surface area (Å²) in [6.45, 7) is 2.76. The fraction of sp³-hybridized carbons (Fsp3) is 0.250. The highest BCUT2D eigenvalue weighted by molar-refractivity contribution is 5.94. The van der Waals surface area contributed by atoms with Crippen LogP contribution in [0.1, 0.15) is 24.0 Å². The molecule has 27 heavy (non-hydrogen) atoms. The van der Waals surface area contributed by atoms with Crippen molar-refractivity contribution in [1.29, 1.82) is 0 Å². The number of anilines is 2. The summed E-state index contributed by atoms with van der Waals surface area (Å²) in [4.78, 5) is 6.56. The first-order chi connectivity index (χ1) is 13.1. The minimum absolute atomic E-state index is 0.150. The fourth-order valence-corrected chi connectivity index (χ4v) is 3.95. The number of fused-ring (bicyclic) bond motifs is 4. The van der Waals surface area contributed by atoms with Crippen LogP contribution in [-0.2, 0) is 6.42 Å². The summed E-state index contributed by atoms with van der Waals surface area (Å²) in [5, 5.41) is 8.06. The van der Waals surface area contributed by atoms with Gasteiger partial charge in [0.25, 0.3) is 5.78 Å². The third-order valence-corrected chi connectivity index (χ3v) is 5.28. The normalized spacial score (nSPS) is 14.6. The largest absolute Gasteiger partial charge is 0.325 e. The maximum Gasteiger partial charge on any atom is 0.257 e. The number of benzene rings is 2. The van der Waals surface area contributed by atoms with Crippen molar-refractivity contribution in [3.05, 3.63) is 59.4 Å². The number of nitrogens with zero attached hydrogens (tertiary/aromatic N) is 5. The Labute approximate surface area is 154 Å². The van der Waals surface area contributed by atoms with Gasteiger partial charge in [-0.25, -0.2) is 8.78 Å². The van der Waals surface area contributed by atoms with E-state index in [1.165, 1.54) is 17.5 Å². The predicted molar refractivity (Wildman–Crippen MR) is 99.3 cm³/mol. The van der Waals surface area contributed by atoms with Crippen LogP contribution >= 0.6 is 0 Å². The number of rotatable bonds is 1. The van der Waals surface area contributed by atoms with E-state index in [1.54, 1.807) is 10.5 Å². The second-order valence-electron chi connectivity index (χ2n) is 6.87. The zero-order valence-electron chi connectivity index (χ0n) is 14.8. The molecule has 0 aliphatic carbocycles. The zero-order chi connectivity index (χ0) is 18.5. The summed E-state index contributed by atoms with van der Waals surface area (Å²) in [6, 6.07) is 8.76. The molecule has 2 aromatic carbocycles. The van der Waals surface area contributed by atoms with Gasteiger partial charge in [0.05, 0.1) is 10.9 Å². The lowest BCUT2D eigenvalue weighted by atomic mass is 10.0. The first-order valence-electron chi connectivity index (χ1n) is 8.98. The molecular formula is C20H17F2N5. The van der Waals surface area contributed by atoms with E-state index < -0.39 is 11.6 Å². The minimum atomic E-state index is -0.899. The smallest absolute Gasteiger partial charge is 0.257 e.